The van der Waals surface area contributed by atoms with Gasteiger partial charge in [0.1, 0.15) is 6.10 Å². The van der Waals surface area contributed by atoms with Gasteiger partial charge in [-0.25, -0.2) is 4.98 Å². The number of hydrogen-bond donors (Lipinski definition) is 0. The van der Waals surface area contributed by atoms with Crippen molar-refractivity contribution in [3.05, 3.63) is 118 Å². The van der Waals surface area contributed by atoms with Crippen LogP contribution in [0.1, 0.15) is 22.8 Å². The SMILES string of the molecule is Clc1ccc(CO[C@H](c2ccc(Cl)cc2)c2ccccc2-n2ccnc2)cc1. The van der Waals surface area contributed by atoms with Crippen molar-refractivity contribution in [2.24, 2.45) is 0 Å². The van der Waals surface area contributed by atoms with E-state index in [-0.39, 0.29) is 6.10 Å². The van der Waals surface area contributed by atoms with Crippen LogP contribution in [0.2, 0.25) is 10.0 Å². The van der Waals surface area contributed by atoms with Crippen LogP contribution in [0.4, 0.5) is 0 Å². The van der Waals surface area contributed by atoms with E-state index in [1.54, 1.807) is 12.5 Å². The second-order valence-corrected chi connectivity index (χ2v) is 7.27. The number of hydrogen-bond acceptors (Lipinski definition) is 2. The molecule has 140 valence electrons. The molecule has 0 saturated carbocycles. The first kappa shape index (κ1) is 18.8. The molecule has 5 heteroatoms. The zero-order valence-corrected chi connectivity index (χ0v) is 16.5. The topological polar surface area (TPSA) is 27.1 Å². The Kier molecular flexibility index (Phi) is 5.77. The lowest BCUT2D eigenvalue weighted by Gasteiger charge is -2.22. The maximum atomic E-state index is 6.40. The van der Waals surface area contributed by atoms with Gasteiger partial charge in [-0.3, -0.25) is 0 Å². The van der Waals surface area contributed by atoms with Crippen molar-refractivity contribution < 1.29 is 4.74 Å². The van der Waals surface area contributed by atoms with Crippen LogP contribution in [0.25, 0.3) is 5.69 Å². The van der Waals surface area contributed by atoms with Gasteiger partial charge in [-0.05, 0) is 41.5 Å². The molecule has 0 saturated heterocycles. The van der Waals surface area contributed by atoms with E-state index in [1.165, 1.54) is 0 Å². The molecule has 0 aliphatic carbocycles. The van der Waals surface area contributed by atoms with Gasteiger partial charge in [-0.15, -0.1) is 0 Å². The third-order valence-electron chi connectivity index (χ3n) is 4.50. The lowest BCUT2D eigenvalue weighted by atomic mass is 9.99. The summed E-state index contributed by atoms with van der Waals surface area (Å²) in [4.78, 5) is 4.18. The van der Waals surface area contributed by atoms with Gasteiger partial charge in [0, 0.05) is 28.0 Å². The molecule has 0 aliphatic rings. The van der Waals surface area contributed by atoms with E-state index in [1.807, 2.05) is 71.4 Å². The van der Waals surface area contributed by atoms with Gasteiger partial charge >= 0.3 is 0 Å². The zero-order valence-electron chi connectivity index (χ0n) is 15.0. The molecule has 0 unspecified atom stereocenters. The molecule has 0 spiro atoms. The zero-order chi connectivity index (χ0) is 19.3. The molecule has 4 aromatic rings. The van der Waals surface area contributed by atoms with Crippen molar-refractivity contribution in [3.63, 3.8) is 0 Å². The number of imidazole rings is 1. The molecule has 0 amide bonds. The summed E-state index contributed by atoms with van der Waals surface area (Å²) in [6, 6.07) is 23.6. The molecule has 1 atom stereocenters. The van der Waals surface area contributed by atoms with E-state index < -0.39 is 0 Å². The Bertz CT molecular complexity index is 1030. The normalized spacial score (nSPS) is 12.1. The van der Waals surface area contributed by atoms with Crippen molar-refractivity contribution in [1.82, 2.24) is 9.55 Å². The largest absolute Gasteiger partial charge is 0.364 e. The van der Waals surface area contributed by atoms with Gasteiger partial charge in [0.2, 0.25) is 0 Å². The highest BCUT2D eigenvalue weighted by atomic mass is 35.5. The van der Waals surface area contributed by atoms with E-state index in [2.05, 4.69) is 17.1 Å². The molecule has 4 rings (SSSR count). The summed E-state index contributed by atoms with van der Waals surface area (Å²) in [6.07, 6.45) is 5.22. The number of aromatic nitrogens is 2. The minimum Gasteiger partial charge on any atom is -0.364 e. The minimum atomic E-state index is -0.258. The summed E-state index contributed by atoms with van der Waals surface area (Å²) in [5.74, 6) is 0. The number of rotatable bonds is 6. The average Bonchev–Trinajstić information content (AvgIpc) is 3.26. The van der Waals surface area contributed by atoms with Crippen LogP contribution < -0.4 is 0 Å². The van der Waals surface area contributed by atoms with Crippen molar-refractivity contribution >= 4 is 23.2 Å². The molecule has 28 heavy (non-hydrogen) atoms. The second kappa shape index (κ2) is 8.61. The number of ether oxygens (including phenoxy) is 1. The van der Waals surface area contributed by atoms with Crippen LogP contribution in [0, 0.1) is 0 Å². The third-order valence-corrected chi connectivity index (χ3v) is 5.01. The predicted octanol–water partition coefficient (Wildman–Crippen LogP) is 6.49. The fourth-order valence-electron chi connectivity index (χ4n) is 3.11. The van der Waals surface area contributed by atoms with Crippen LogP contribution >= 0.6 is 23.2 Å². The van der Waals surface area contributed by atoms with Crippen LogP contribution in [-0.4, -0.2) is 9.55 Å². The van der Waals surface area contributed by atoms with Crippen molar-refractivity contribution in [3.8, 4) is 5.69 Å². The van der Waals surface area contributed by atoms with E-state index in [0.29, 0.717) is 16.7 Å². The predicted molar refractivity (Wildman–Crippen MR) is 113 cm³/mol. The molecule has 0 aliphatic heterocycles. The van der Waals surface area contributed by atoms with E-state index >= 15 is 0 Å². The molecule has 1 aromatic heterocycles. The molecule has 0 fully saturated rings. The Morgan fingerprint density at radius 1 is 0.857 bits per heavy atom. The van der Waals surface area contributed by atoms with Gasteiger partial charge in [0.25, 0.3) is 0 Å². The van der Waals surface area contributed by atoms with Crippen molar-refractivity contribution in [2.45, 2.75) is 12.7 Å². The standard InChI is InChI=1S/C23H18Cl2N2O/c24-19-9-5-17(6-10-19)15-28-23(18-7-11-20(25)12-8-18)21-3-1-2-4-22(21)27-14-13-26-16-27/h1-14,16,23H,15H2/t23-/m1/s1. The number of halogens is 2. The second-order valence-electron chi connectivity index (χ2n) is 6.40. The summed E-state index contributed by atoms with van der Waals surface area (Å²) < 4.78 is 8.39. The maximum absolute atomic E-state index is 6.40. The lowest BCUT2D eigenvalue weighted by Crippen LogP contribution is -2.10. The van der Waals surface area contributed by atoms with Gasteiger partial charge in [0.05, 0.1) is 18.6 Å². The first-order valence-electron chi connectivity index (χ1n) is 8.89. The summed E-state index contributed by atoms with van der Waals surface area (Å²) in [5.41, 5.74) is 4.17. The quantitative estimate of drug-likeness (QED) is 0.364. The highest BCUT2D eigenvalue weighted by Gasteiger charge is 2.19. The smallest absolute Gasteiger partial charge is 0.110 e. The first-order valence-corrected chi connectivity index (χ1v) is 9.65. The van der Waals surface area contributed by atoms with Crippen LogP contribution in [0.3, 0.4) is 0 Å². The van der Waals surface area contributed by atoms with Crippen LogP contribution in [0.5, 0.6) is 0 Å². The Morgan fingerprint density at radius 2 is 1.54 bits per heavy atom. The maximum Gasteiger partial charge on any atom is 0.110 e. The first-order chi connectivity index (χ1) is 13.7. The Morgan fingerprint density at radius 3 is 2.21 bits per heavy atom. The van der Waals surface area contributed by atoms with Gasteiger partial charge in [-0.2, -0.15) is 0 Å². The number of nitrogens with zero attached hydrogens (tertiary/aromatic N) is 2. The van der Waals surface area contributed by atoms with E-state index in [4.69, 9.17) is 27.9 Å². The molecule has 3 aromatic carbocycles. The minimum absolute atomic E-state index is 0.258. The molecule has 0 N–H and O–H groups in total. The Balaban J connectivity index is 1.71. The summed E-state index contributed by atoms with van der Waals surface area (Å²) in [5, 5.41) is 1.41. The van der Waals surface area contributed by atoms with Gasteiger partial charge in [0.15, 0.2) is 0 Å². The third kappa shape index (κ3) is 4.28. The molecule has 1 heterocycles. The van der Waals surface area contributed by atoms with E-state index in [9.17, 15) is 0 Å². The van der Waals surface area contributed by atoms with Gasteiger partial charge < -0.3 is 9.30 Å². The highest BCUT2D eigenvalue weighted by Crippen LogP contribution is 2.32. The summed E-state index contributed by atoms with van der Waals surface area (Å²) in [7, 11) is 0. The Hall–Kier alpha value is -2.59. The van der Waals surface area contributed by atoms with Crippen molar-refractivity contribution in [2.75, 3.05) is 0 Å². The molecule has 0 radical (unpaired) electrons. The number of benzene rings is 3. The van der Waals surface area contributed by atoms with E-state index in [0.717, 1.165) is 22.4 Å². The number of para-hydroxylation sites is 1. The molecular weight excluding hydrogens is 391 g/mol. The lowest BCUT2D eigenvalue weighted by molar-refractivity contribution is 0.0667. The van der Waals surface area contributed by atoms with Crippen LogP contribution in [-0.2, 0) is 11.3 Å². The van der Waals surface area contributed by atoms with Gasteiger partial charge in [-0.1, -0.05) is 65.7 Å². The molecule has 3 nitrogen and oxygen atoms in total. The fourth-order valence-corrected chi connectivity index (χ4v) is 3.36. The molecule has 0 bridgehead atoms. The molecular formula is C23H18Cl2N2O. The monoisotopic (exact) mass is 408 g/mol. The van der Waals surface area contributed by atoms with Crippen LogP contribution in [0.15, 0.2) is 91.5 Å². The fraction of sp³-hybridized carbons (Fsp3) is 0.0870. The summed E-state index contributed by atoms with van der Waals surface area (Å²) in [6.45, 7) is 0.461. The van der Waals surface area contributed by atoms with Crippen molar-refractivity contribution in [1.29, 1.82) is 0 Å². The highest BCUT2D eigenvalue weighted by molar-refractivity contribution is 6.30. The Labute approximate surface area is 174 Å². The average molecular weight is 409 g/mol. The summed E-state index contributed by atoms with van der Waals surface area (Å²) >= 11 is 12.1.